The van der Waals surface area contributed by atoms with Gasteiger partial charge in [0, 0.05) is 26.1 Å². The van der Waals surface area contributed by atoms with Gasteiger partial charge in [0.2, 0.25) is 5.91 Å². The van der Waals surface area contributed by atoms with Gasteiger partial charge in [-0.25, -0.2) is 0 Å². The highest BCUT2D eigenvalue weighted by atomic mass is 16.2. The molecule has 2 atom stereocenters. The monoisotopic (exact) mass is 283 g/mol. The molecule has 0 aliphatic carbocycles. The Labute approximate surface area is 124 Å². The number of hydrogen-bond acceptors (Lipinski definition) is 3. The third kappa shape index (κ3) is 5.80. The van der Waals surface area contributed by atoms with Gasteiger partial charge in [0.05, 0.1) is 0 Å². The van der Waals surface area contributed by atoms with Crippen LogP contribution in [0.3, 0.4) is 0 Å². The molecule has 0 aromatic heterocycles. The van der Waals surface area contributed by atoms with Crippen molar-refractivity contribution in [1.29, 1.82) is 0 Å². The average Bonchev–Trinajstić information content (AvgIpc) is 2.44. The van der Waals surface area contributed by atoms with Gasteiger partial charge in [-0.15, -0.1) is 0 Å². The van der Waals surface area contributed by atoms with E-state index in [9.17, 15) is 4.79 Å². The Kier molecular flexibility index (Phi) is 8.15. The van der Waals surface area contributed by atoms with Crippen molar-refractivity contribution in [2.24, 2.45) is 11.7 Å². The van der Waals surface area contributed by atoms with E-state index in [1.165, 1.54) is 19.3 Å². The Morgan fingerprint density at radius 2 is 2.15 bits per heavy atom. The zero-order chi connectivity index (χ0) is 15.0. The molecule has 1 amide bonds. The second-order valence-corrected chi connectivity index (χ2v) is 6.33. The van der Waals surface area contributed by atoms with Gasteiger partial charge in [0.15, 0.2) is 0 Å². The quantitative estimate of drug-likeness (QED) is 0.742. The largest absolute Gasteiger partial charge is 0.341 e. The molecular formula is C16H33N3O. The van der Waals surface area contributed by atoms with Crippen molar-refractivity contribution in [1.82, 2.24) is 9.80 Å². The van der Waals surface area contributed by atoms with Crippen LogP contribution in [0.1, 0.15) is 51.9 Å². The minimum atomic E-state index is 0.309. The second-order valence-electron chi connectivity index (χ2n) is 6.33. The molecule has 2 unspecified atom stereocenters. The van der Waals surface area contributed by atoms with Crippen LogP contribution in [-0.2, 0) is 4.79 Å². The first-order valence-electron chi connectivity index (χ1n) is 8.22. The molecule has 0 bridgehead atoms. The maximum atomic E-state index is 12.3. The predicted molar refractivity (Wildman–Crippen MR) is 84.6 cm³/mol. The number of likely N-dealkylation sites (tertiary alicyclic amines) is 1. The summed E-state index contributed by atoms with van der Waals surface area (Å²) in [4.78, 5) is 16.7. The van der Waals surface area contributed by atoms with Gasteiger partial charge in [0.25, 0.3) is 0 Å². The van der Waals surface area contributed by atoms with Crippen LogP contribution >= 0.6 is 0 Å². The number of nitrogens with two attached hydrogens (primary N) is 1. The summed E-state index contributed by atoms with van der Waals surface area (Å²) in [6.07, 6.45) is 7.45. The number of carbonyl (C=O) groups excluding carboxylic acids is 1. The molecule has 0 radical (unpaired) electrons. The first kappa shape index (κ1) is 17.4. The van der Waals surface area contributed by atoms with Crippen LogP contribution in [0.4, 0.5) is 0 Å². The zero-order valence-electron chi connectivity index (χ0n) is 13.6. The molecule has 0 aromatic rings. The second kappa shape index (κ2) is 9.35. The Morgan fingerprint density at radius 1 is 1.40 bits per heavy atom. The van der Waals surface area contributed by atoms with Gasteiger partial charge in [0.1, 0.15) is 0 Å². The van der Waals surface area contributed by atoms with E-state index >= 15 is 0 Å². The highest BCUT2D eigenvalue weighted by Gasteiger charge is 2.24. The van der Waals surface area contributed by atoms with E-state index in [1.807, 2.05) is 11.9 Å². The van der Waals surface area contributed by atoms with Crippen LogP contribution in [0.2, 0.25) is 0 Å². The van der Waals surface area contributed by atoms with E-state index in [2.05, 4.69) is 18.9 Å². The fraction of sp³-hybridized carbons (Fsp3) is 0.938. The molecule has 4 nitrogen and oxygen atoms in total. The van der Waals surface area contributed by atoms with Crippen molar-refractivity contribution in [2.75, 3.05) is 33.7 Å². The van der Waals surface area contributed by atoms with E-state index in [1.54, 1.807) is 0 Å². The lowest BCUT2D eigenvalue weighted by atomic mass is 9.94. The van der Waals surface area contributed by atoms with Crippen molar-refractivity contribution in [3.05, 3.63) is 0 Å². The minimum absolute atomic E-state index is 0.309. The maximum Gasteiger partial charge on any atom is 0.222 e. The van der Waals surface area contributed by atoms with Gasteiger partial charge in [-0.05, 0) is 51.7 Å². The maximum absolute atomic E-state index is 12.3. The van der Waals surface area contributed by atoms with Crippen LogP contribution in [0.15, 0.2) is 0 Å². The van der Waals surface area contributed by atoms with Crippen molar-refractivity contribution in [2.45, 2.75) is 57.9 Å². The summed E-state index contributed by atoms with van der Waals surface area (Å²) >= 11 is 0. The lowest BCUT2D eigenvalue weighted by Gasteiger charge is -2.36. The molecule has 1 aliphatic rings. The molecule has 0 aromatic carbocycles. The standard InChI is InChI=1S/C16H33N3O/c1-4-6-14(10-11-17)8-9-16(20)19(3)15-7-5-12-18(2)13-15/h14-15H,4-13,17H2,1-3H3. The Balaban J connectivity index is 2.36. The number of likely N-dealkylation sites (N-methyl/N-ethyl adjacent to an activating group) is 2. The lowest BCUT2D eigenvalue weighted by Crippen LogP contribution is -2.47. The Hall–Kier alpha value is -0.610. The predicted octanol–water partition coefficient (Wildman–Crippen LogP) is 2.08. The molecule has 118 valence electrons. The van der Waals surface area contributed by atoms with Gasteiger partial charge in [-0.1, -0.05) is 19.8 Å². The van der Waals surface area contributed by atoms with Crippen LogP contribution in [0.25, 0.3) is 0 Å². The topological polar surface area (TPSA) is 49.6 Å². The number of piperidine rings is 1. The summed E-state index contributed by atoms with van der Waals surface area (Å²) in [5.41, 5.74) is 5.66. The number of hydrogen-bond donors (Lipinski definition) is 1. The lowest BCUT2D eigenvalue weighted by molar-refractivity contribution is -0.133. The molecule has 0 spiro atoms. The van der Waals surface area contributed by atoms with Crippen molar-refractivity contribution in [3.8, 4) is 0 Å². The molecule has 1 fully saturated rings. The van der Waals surface area contributed by atoms with Crippen LogP contribution < -0.4 is 5.73 Å². The summed E-state index contributed by atoms with van der Waals surface area (Å²) in [7, 11) is 4.12. The van der Waals surface area contributed by atoms with Gasteiger partial charge < -0.3 is 15.5 Å². The highest BCUT2D eigenvalue weighted by Crippen LogP contribution is 2.19. The van der Waals surface area contributed by atoms with E-state index in [0.717, 1.165) is 38.9 Å². The van der Waals surface area contributed by atoms with Gasteiger partial charge in [-0.2, -0.15) is 0 Å². The fourth-order valence-corrected chi connectivity index (χ4v) is 3.24. The summed E-state index contributed by atoms with van der Waals surface area (Å²) in [6.45, 7) is 5.12. The average molecular weight is 283 g/mol. The Bertz CT molecular complexity index is 277. The van der Waals surface area contributed by atoms with Gasteiger partial charge in [-0.3, -0.25) is 4.79 Å². The first-order valence-corrected chi connectivity index (χ1v) is 8.22. The van der Waals surface area contributed by atoms with E-state index in [-0.39, 0.29) is 0 Å². The molecule has 2 N–H and O–H groups in total. The summed E-state index contributed by atoms with van der Waals surface area (Å²) in [5, 5.41) is 0. The smallest absolute Gasteiger partial charge is 0.222 e. The summed E-state index contributed by atoms with van der Waals surface area (Å²) in [5.74, 6) is 0.930. The first-order chi connectivity index (χ1) is 9.58. The summed E-state index contributed by atoms with van der Waals surface area (Å²) in [6, 6.07) is 0.403. The van der Waals surface area contributed by atoms with Crippen LogP contribution in [0, 0.1) is 5.92 Å². The SMILES string of the molecule is CCCC(CCN)CCC(=O)N(C)C1CCCN(C)C1. The number of amides is 1. The normalized spacial score (nSPS) is 21.7. The van der Waals surface area contributed by atoms with Crippen molar-refractivity contribution < 1.29 is 4.79 Å². The minimum Gasteiger partial charge on any atom is -0.341 e. The van der Waals surface area contributed by atoms with Crippen molar-refractivity contribution >= 4 is 5.91 Å². The fourth-order valence-electron chi connectivity index (χ4n) is 3.24. The summed E-state index contributed by atoms with van der Waals surface area (Å²) < 4.78 is 0. The molecule has 1 saturated heterocycles. The molecule has 4 heteroatoms. The molecule has 1 rings (SSSR count). The molecule has 1 aliphatic heterocycles. The van der Waals surface area contributed by atoms with E-state index in [4.69, 9.17) is 5.73 Å². The van der Waals surface area contributed by atoms with Crippen molar-refractivity contribution in [3.63, 3.8) is 0 Å². The molecule has 1 heterocycles. The number of rotatable bonds is 8. The molecular weight excluding hydrogens is 250 g/mol. The zero-order valence-corrected chi connectivity index (χ0v) is 13.6. The number of carbonyl (C=O) groups is 1. The molecule has 20 heavy (non-hydrogen) atoms. The van der Waals surface area contributed by atoms with Gasteiger partial charge >= 0.3 is 0 Å². The van der Waals surface area contributed by atoms with E-state index in [0.29, 0.717) is 24.3 Å². The number of nitrogens with zero attached hydrogens (tertiary/aromatic N) is 2. The van der Waals surface area contributed by atoms with E-state index < -0.39 is 0 Å². The third-order valence-corrected chi connectivity index (χ3v) is 4.58. The molecule has 0 saturated carbocycles. The Morgan fingerprint density at radius 3 is 2.75 bits per heavy atom. The third-order valence-electron chi connectivity index (χ3n) is 4.58. The van der Waals surface area contributed by atoms with Crippen LogP contribution in [0.5, 0.6) is 0 Å². The highest BCUT2D eigenvalue weighted by molar-refractivity contribution is 5.76. The van der Waals surface area contributed by atoms with Crippen LogP contribution in [-0.4, -0.2) is 55.5 Å².